The summed E-state index contributed by atoms with van der Waals surface area (Å²) in [7, 11) is 0. The molecule has 0 spiro atoms. The quantitative estimate of drug-likeness (QED) is 0.922. The molecule has 0 aliphatic rings. The van der Waals surface area contributed by atoms with Gasteiger partial charge < -0.3 is 5.32 Å². The lowest BCUT2D eigenvalue weighted by molar-refractivity contribution is 0.0950. The summed E-state index contributed by atoms with van der Waals surface area (Å²) in [6, 6.07) is 5.95. The number of rotatable bonds is 4. The van der Waals surface area contributed by atoms with Crippen LogP contribution in [0.2, 0.25) is 0 Å². The van der Waals surface area contributed by atoms with Gasteiger partial charge in [-0.1, -0.05) is 12.1 Å². The van der Waals surface area contributed by atoms with Crippen LogP contribution in [0, 0.1) is 12.7 Å². The number of hydrogen-bond donors (Lipinski definition) is 1. The van der Waals surface area contributed by atoms with E-state index in [1.165, 1.54) is 12.1 Å². The minimum Gasteiger partial charge on any atom is -0.352 e. The average molecular weight is 264 g/mol. The molecule has 0 aliphatic heterocycles. The molecule has 2 aromatic rings. The largest absolute Gasteiger partial charge is 0.352 e. The first-order valence-electron chi connectivity index (χ1n) is 5.60. The SMILES string of the molecule is Cc1nc(CCNC(=O)c2ccccc2F)cs1. The number of carbonyl (C=O) groups excluding carboxylic acids is 1. The third kappa shape index (κ3) is 3.13. The van der Waals surface area contributed by atoms with Crippen LogP contribution >= 0.6 is 11.3 Å². The fourth-order valence-corrected chi connectivity index (χ4v) is 2.21. The number of nitrogens with one attached hydrogen (secondary N) is 1. The Balaban J connectivity index is 1.87. The molecule has 1 aromatic heterocycles. The summed E-state index contributed by atoms with van der Waals surface area (Å²) in [5, 5.41) is 5.65. The maximum absolute atomic E-state index is 13.3. The van der Waals surface area contributed by atoms with Crippen LogP contribution in [-0.2, 0) is 6.42 Å². The van der Waals surface area contributed by atoms with Crippen LogP contribution in [0.3, 0.4) is 0 Å². The Bertz CT molecular complexity index is 553. The number of hydrogen-bond acceptors (Lipinski definition) is 3. The van der Waals surface area contributed by atoms with Crippen molar-refractivity contribution in [2.45, 2.75) is 13.3 Å². The number of carbonyl (C=O) groups is 1. The Morgan fingerprint density at radius 2 is 2.22 bits per heavy atom. The number of aromatic nitrogens is 1. The molecule has 0 fully saturated rings. The van der Waals surface area contributed by atoms with Crippen molar-refractivity contribution in [2.24, 2.45) is 0 Å². The molecule has 94 valence electrons. The molecule has 0 unspecified atom stereocenters. The average Bonchev–Trinajstić information content (AvgIpc) is 2.75. The van der Waals surface area contributed by atoms with Crippen molar-refractivity contribution in [1.29, 1.82) is 0 Å². The predicted octanol–water partition coefficient (Wildman–Crippen LogP) is 2.56. The monoisotopic (exact) mass is 264 g/mol. The molecular weight excluding hydrogens is 251 g/mol. The van der Waals surface area contributed by atoms with Crippen molar-refractivity contribution in [3.8, 4) is 0 Å². The first kappa shape index (κ1) is 12.7. The van der Waals surface area contributed by atoms with E-state index in [2.05, 4.69) is 10.3 Å². The van der Waals surface area contributed by atoms with E-state index < -0.39 is 5.82 Å². The highest BCUT2D eigenvalue weighted by molar-refractivity contribution is 7.09. The molecule has 1 aromatic carbocycles. The van der Waals surface area contributed by atoms with E-state index in [0.717, 1.165) is 10.7 Å². The van der Waals surface area contributed by atoms with Crippen molar-refractivity contribution in [3.63, 3.8) is 0 Å². The summed E-state index contributed by atoms with van der Waals surface area (Å²) in [6.07, 6.45) is 0.657. The fourth-order valence-electron chi connectivity index (χ4n) is 1.57. The maximum atomic E-state index is 13.3. The maximum Gasteiger partial charge on any atom is 0.254 e. The summed E-state index contributed by atoms with van der Waals surface area (Å²) < 4.78 is 13.3. The predicted molar refractivity (Wildman–Crippen MR) is 69.3 cm³/mol. The van der Waals surface area contributed by atoms with Crippen molar-refractivity contribution in [3.05, 3.63) is 51.7 Å². The minimum atomic E-state index is -0.500. The smallest absolute Gasteiger partial charge is 0.254 e. The topological polar surface area (TPSA) is 42.0 Å². The van der Waals surface area contributed by atoms with Crippen LogP contribution in [0.4, 0.5) is 4.39 Å². The van der Waals surface area contributed by atoms with Crippen LogP contribution in [0.1, 0.15) is 21.1 Å². The minimum absolute atomic E-state index is 0.0759. The van der Waals surface area contributed by atoms with Gasteiger partial charge in [-0.05, 0) is 19.1 Å². The van der Waals surface area contributed by atoms with Gasteiger partial charge in [0.1, 0.15) is 5.82 Å². The number of benzene rings is 1. The van der Waals surface area contributed by atoms with Gasteiger partial charge in [-0.3, -0.25) is 4.79 Å². The molecule has 1 heterocycles. The van der Waals surface area contributed by atoms with Crippen molar-refractivity contribution < 1.29 is 9.18 Å². The highest BCUT2D eigenvalue weighted by Gasteiger charge is 2.09. The van der Waals surface area contributed by atoms with Gasteiger partial charge in [0.2, 0.25) is 0 Å². The van der Waals surface area contributed by atoms with Gasteiger partial charge in [0, 0.05) is 18.3 Å². The lowest BCUT2D eigenvalue weighted by Crippen LogP contribution is -2.26. The molecule has 18 heavy (non-hydrogen) atoms. The number of nitrogens with zero attached hydrogens (tertiary/aromatic N) is 1. The van der Waals surface area contributed by atoms with Crippen molar-refractivity contribution in [1.82, 2.24) is 10.3 Å². The molecule has 1 N–H and O–H groups in total. The van der Waals surface area contributed by atoms with E-state index in [0.29, 0.717) is 13.0 Å². The van der Waals surface area contributed by atoms with Crippen molar-refractivity contribution in [2.75, 3.05) is 6.54 Å². The van der Waals surface area contributed by atoms with Gasteiger partial charge in [0.25, 0.3) is 5.91 Å². The Labute approximate surface area is 109 Å². The van der Waals surface area contributed by atoms with Gasteiger partial charge in [0.15, 0.2) is 0 Å². The van der Waals surface area contributed by atoms with E-state index in [4.69, 9.17) is 0 Å². The zero-order valence-electron chi connectivity index (χ0n) is 9.94. The lowest BCUT2D eigenvalue weighted by Gasteiger charge is -2.04. The molecule has 2 rings (SSSR count). The zero-order chi connectivity index (χ0) is 13.0. The van der Waals surface area contributed by atoms with Crippen molar-refractivity contribution >= 4 is 17.2 Å². The van der Waals surface area contributed by atoms with Gasteiger partial charge in [0.05, 0.1) is 16.3 Å². The van der Waals surface area contributed by atoms with E-state index >= 15 is 0 Å². The highest BCUT2D eigenvalue weighted by Crippen LogP contribution is 2.08. The third-order valence-electron chi connectivity index (χ3n) is 2.45. The fraction of sp³-hybridized carbons (Fsp3) is 0.231. The van der Waals surface area contributed by atoms with Gasteiger partial charge >= 0.3 is 0 Å². The normalized spacial score (nSPS) is 10.3. The summed E-state index contributed by atoms with van der Waals surface area (Å²) >= 11 is 1.58. The number of aryl methyl sites for hydroxylation is 1. The van der Waals surface area contributed by atoms with Crippen LogP contribution in [0.25, 0.3) is 0 Å². The van der Waals surface area contributed by atoms with E-state index in [1.54, 1.807) is 23.5 Å². The second-order valence-electron chi connectivity index (χ2n) is 3.84. The molecule has 0 radical (unpaired) electrons. The molecule has 0 saturated heterocycles. The molecule has 0 bridgehead atoms. The first-order valence-corrected chi connectivity index (χ1v) is 6.48. The third-order valence-corrected chi connectivity index (χ3v) is 3.27. The van der Waals surface area contributed by atoms with Crippen LogP contribution in [0.5, 0.6) is 0 Å². The second kappa shape index (κ2) is 5.73. The summed E-state index contributed by atoms with van der Waals surface area (Å²) in [5.41, 5.74) is 1.03. The van der Waals surface area contributed by atoms with Crippen LogP contribution in [-0.4, -0.2) is 17.4 Å². The Morgan fingerprint density at radius 1 is 1.44 bits per heavy atom. The number of halogens is 1. The highest BCUT2D eigenvalue weighted by atomic mass is 32.1. The number of thiazole rings is 1. The zero-order valence-corrected chi connectivity index (χ0v) is 10.8. The lowest BCUT2D eigenvalue weighted by atomic mass is 10.2. The van der Waals surface area contributed by atoms with E-state index in [-0.39, 0.29) is 11.5 Å². The molecular formula is C13H13FN2OS. The summed E-state index contributed by atoms with van der Waals surface area (Å²) in [4.78, 5) is 16.0. The Kier molecular flexibility index (Phi) is 4.04. The Morgan fingerprint density at radius 3 is 2.89 bits per heavy atom. The Hall–Kier alpha value is -1.75. The number of amides is 1. The summed E-state index contributed by atoms with van der Waals surface area (Å²) in [5.74, 6) is -0.889. The standard InChI is InChI=1S/C13H13FN2OS/c1-9-16-10(8-18-9)6-7-15-13(17)11-4-2-3-5-12(11)14/h2-5,8H,6-7H2,1H3,(H,15,17). The van der Waals surface area contributed by atoms with E-state index in [9.17, 15) is 9.18 Å². The van der Waals surface area contributed by atoms with Crippen LogP contribution < -0.4 is 5.32 Å². The first-order chi connectivity index (χ1) is 8.66. The van der Waals surface area contributed by atoms with Gasteiger partial charge in [-0.25, -0.2) is 9.37 Å². The van der Waals surface area contributed by atoms with Gasteiger partial charge in [-0.15, -0.1) is 11.3 Å². The molecule has 1 amide bonds. The molecule has 0 aliphatic carbocycles. The summed E-state index contributed by atoms with van der Waals surface area (Å²) in [6.45, 7) is 2.39. The molecule has 0 saturated carbocycles. The molecule has 0 atom stereocenters. The second-order valence-corrected chi connectivity index (χ2v) is 4.91. The van der Waals surface area contributed by atoms with E-state index in [1.807, 2.05) is 12.3 Å². The molecule has 5 heteroatoms. The van der Waals surface area contributed by atoms with Gasteiger partial charge in [-0.2, -0.15) is 0 Å². The molecule has 3 nitrogen and oxygen atoms in total. The van der Waals surface area contributed by atoms with Crippen LogP contribution in [0.15, 0.2) is 29.6 Å².